The Morgan fingerprint density at radius 1 is 1.47 bits per heavy atom. The molecule has 1 atom stereocenters. The van der Waals surface area contributed by atoms with Crippen molar-refractivity contribution in [2.24, 2.45) is 0 Å². The molecule has 0 aromatic rings. The van der Waals surface area contributed by atoms with E-state index in [2.05, 4.69) is 0 Å². The fourth-order valence-electron chi connectivity index (χ4n) is 1.77. The topological polar surface area (TPSA) is 60.9 Å². The number of likely N-dealkylation sites (tertiary alicyclic amines) is 1. The van der Waals surface area contributed by atoms with Crippen molar-refractivity contribution in [2.45, 2.75) is 32.2 Å². The molecule has 86 valence electrons. The molecule has 1 aliphatic rings. The van der Waals surface area contributed by atoms with Crippen LogP contribution in [0.1, 0.15) is 26.2 Å². The average Bonchev–Trinajstić information content (AvgIpc) is 2.27. The zero-order valence-electron chi connectivity index (χ0n) is 9.27. The third kappa shape index (κ3) is 2.61. The van der Waals surface area contributed by atoms with Crippen molar-refractivity contribution in [1.82, 2.24) is 9.80 Å². The lowest BCUT2D eigenvalue weighted by Gasteiger charge is -2.35. The molecule has 5 heteroatoms. The van der Waals surface area contributed by atoms with E-state index >= 15 is 0 Å². The maximum absolute atomic E-state index is 11.8. The molecule has 15 heavy (non-hydrogen) atoms. The van der Waals surface area contributed by atoms with Crippen molar-refractivity contribution in [3.8, 4) is 0 Å². The smallest absolute Gasteiger partial charge is 0.326 e. The highest BCUT2D eigenvalue weighted by Gasteiger charge is 2.32. The van der Waals surface area contributed by atoms with Crippen molar-refractivity contribution in [2.75, 3.05) is 20.1 Å². The maximum Gasteiger partial charge on any atom is 0.326 e. The highest BCUT2D eigenvalue weighted by molar-refractivity contribution is 5.82. The van der Waals surface area contributed by atoms with Crippen LogP contribution in [-0.2, 0) is 4.79 Å². The lowest BCUT2D eigenvalue weighted by atomic mass is 10.0. The van der Waals surface area contributed by atoms with Crippen LogP contribution in [0.4, 0.5) is 4.79 Å². The van der Waals surface area contributed by atoms with Gasteiger partial charge in [0, 0.05) is 20.1 Å². The Balaban J connectivity index is 2.71. The second-order valence-corrected chi connectivity index (χ2v) is 3.84. The molecule has 0 unspecified atom stereocenters. The van der Waals surface area contributed by atoms with Crippen LogP contribution >= 0.6 is 0 Å². The van der Waals surface area contributed by atoms with Gasteiger partial charge in [-0.25, -0.2) is 9.59 Å². The third-order valence-electron chi connectivity index (χ3n) is 2.83. The Bertz CT molecular complexity index is 255. The summed E-state index contributed by atoms with van der Waals surface area (Å²) in [5.41, 5.74) is 0. The van der Waals surface area contributed by atoms with Crippen molar-refractivity contribution >= 4 is 12.0 Å². The summed E-state index contributed by atoms with van der Waals surface area (Å²) in [6.07, 6.45) is 2.35. The summed E-state index contributed by atoms with van der Waals surface area (Å²) in [6, 6.07) is -0.815. The van der Waals surface area contributed by atoms with Gasteiger partial charge in [-0.15, -0.1) is 0 Å². The highest BCUT2D eigenvalue weighted by atomic mass is 16.4. The van der Waals surface area contributed by atoms with E-state index in [0.717, 1.165) is 12.8 Å². The largest absolute Gasteiger partial charge is 0.480 e. The zero-order chi connectivity index (χ0) is 11.4. The van der Waals surface area contributed by atoms with Gasteiger partial charge in [-0.2, -0.15) is 0 Å². The number of urea groups is 1. The number of carbonyl (C=O) groups excluding carboxylic acids is 1. The minimum absolute atomic E-state index is 0.176. The van der Waals surface area contributed by atoms with Gasteiger partial charge in [-0.1, -0.05) is 0 Å². The fraction of sp³-hybridized carbons (Fsp3) is 0.800. The van der Waals surface area contributed by atoms with E-state index in [1.165, 1.54) is 4.90 Å². The molecule has 1 fully saturated rings. The summed E-state index contributed by atoms with van der Waals surface area (Å²) in [5, 5.41) is 9.00. The van der Waals surface area contributed by atoms with Gasteiger partial charge in [-0.05, 0) is 26.2 Å². The Morgan fingerprint density at radius 2 is 2.13 bits per heavy atom. The molecule has 1 N–H and O–H groups in total. The molecule has 1 saturated heterocycles. The lowest BCUT2D eigenvalue weighted by Crippen LogP contribution is -2.52. The van der Waals surface area contributed by atoms with Gasteiger partial charge in [0.05, 0.1) is 0 Å². The van der Waals surface area contributed by atoms with Crippen molar-refractivity contribution < 1.29 is 14.7 Å². The first-order valence-corrected chi connectivity index (χ1v) is 5.32. The number of hydrogen-bond donors (Lipinski definition) is 1. The summed E-state index contributed by atoms with van der Waals surface area (Å²) in [7, 11) is 1.69. The van der Waals surface area contributed by atoms with Crippen LogP contribution in [0, 0.1) is 0 Å². The van der Waals surface area contributed by atoms with Gasteiger partial charge >= 0.3 is 12.0 Å². The molecule has 1 rings (SSSR count). The predicted molar refractivity (Wildman–Crippen MR) is 55.7 cm³/mol. The van der Waals surface area contributed by atoms with Crippen LogP contribution in [0.15, 0.2) is 0 Å². The minimum atomic E-state index is -0.896. The first-order valence-electron chi connectivity index (χ1n) is 5.32. The van der Waals surface area contributed by atoms with Crippen LogP contribution in [0.25, 0.3) is 0 Å². The third-order valence-corrected chi connectivity index (χ3v) is 2.83. The molecule has 1 aliphatic heterocycles. The molecule has 0 aromatic carbocycles. The van der Waals surface area contributed by atoms with Crippen LogP contribution in [0.3, 0.4) is 0 Å². The summed E-state index contributed by atoms with van der Waals surface area (Å²) in [5.74, 6) is -0.896. The number of hydrogen-bond acceptors (Lipinski definition) is 2. The van der Waals surface area contributed by atoms with Crippen molar-refractivity contribution in [3.05, 3.63) is 0 Å². The maximum atomic E-state index is 11.8. The molecule has 0 radical (unpaired) electrons. The summed E-state index contributed by atoms with van der Waals surface area (Å²) >= 11 is 0. The number of carboxylic acid groups (broad SMARTS) is 1. The summed E-state index contributed by atoms with van der Waals surface area (Å²) < 4.78 is 0. The van der Waals surface area contributed by atoms with E-state index in [-0.39, 0.29) is 6.03 Å². The standard InChI is InChI=1S/C10H18N2O3/c1-3-11(2)10(15)12-7-5-4-6-8(12)9(13)14/h8H,3-7H2,1-2H3,(H,13,14)/t8-/m1/s1. The number of amides is 2. The van der Waals surface area contributed by atoms with Gasteiger partial charge in [0.15, 0.2) is 0 Å². The Labute approximate surface area is 89.7 Å². The van der Waals surface area contributed by atoms with Crippen LogP contribution in [0.5, 0.6) is 0 Å². The first kappa shape index (κ1) is 11.8. The van der Waals surface area contributed by atoms with Crippen molar-refractivity contribution in [1.29, 1.82) is 0 Å². The number of piperidine rings is 1. The van der Waals surface area contributed by atoms with Gasteiger partial charge in [0.2, 0.25) is 0 Å². The quantitative estimate of drug-likeness (QED) is 0.746. The molecule has 1 heterocycles. The van der Waals surface area contributed by atoms with Gasteiger partial charge in [-0.3, -0.25) is 0 Å². The Morgan fingerprint density at radius 3 is 2.67 bits per heavy atom. The monoisotopic (exact) mass is 214 g/mol. The van der Waals surface area contributed by atoms with Gasteiger partial charge < -0.3 is 14.9 Å². The minimum Gasteiger partial charge on any atom is -0.480 e. The normalized spacial score (nSPS) is 21.2. The molecular weight excluding hydrogens is 196 g/mol. The fourth-order valence-corrected chi connectivity index (χ4v) is 1.77. The lowest BCUT2D eigenvalue weighted by molar-refractivity contribution is -0.143. The Hall–Kier alpha value is -1.26. The van der Waals surface area contributed by atoms with Crippen LogP contribution in [0.2, 0.25) is 0 Å². The van der Waals surface area contributed by atoms with Gasteiger partial charge in [0.25, 0.3) is 0 Å². The number of carbonyl (C=O) groups is 2. The number of nitrogens with zero attached hydrogens (tertiary/aromatic N) is 2. The number of rotatable bonds is 2. The SMILES string of the molecule is CCN(C)C(=O)N1CCCC[C@@H]1C(=O)O. The van der Waals surface area contributed by atoms with E-state index in [1.54, 1.807) is 11.9 Å². The second kappa shape index (κ2) is 5.00. The van der Waals surface area contributed by atoms with E-state index in [1.807, 2.05) is 6.92 Å². The molecule has 0 aromatic heterocycles. The van der Waals surface area contributed by atoms with E-state index in [4.69, 9.17) is 5.11 Å². The molecule has 2 amide bonds. The number of carboxylic acids is 1. The van der Waals surface area contributed by atoms with Gasteiger partial charge in [0.1, 0.15) is 6.04 Å². The molecule has 0 aliphatic carbocycles. The molecule has 5 nitrogen and oxygen atoms in total. The van der Waals surface area contributed by atoms with Crippen LogP contribution in [-0.4, -0.2) is 53.1 Å². The second-order valence-electron chi connectivity index (χ2n) is 3.84. The Kier molecular flexibility index (Phi) is 3.94. The molecule has 0 saturated carbocycles. The first-order chi connectivity index (χ1) is 7.07. The summed E-state index contributed by atoms with van der Waals surface area (Å²) in [6.45, 7) is 3.03. The van der Waals surface area contributed by atoms with E-state index in [9.17, 15) is 9.59 Å². The summed E-state index contributed by atoms with van der Waals surface area (Å²) in [4.78, 5) is 25.8. The predicted octanol–water partition coefficient (Wildman–Crippen LogP) is 0.997. The van der Waals surface area contributed by atoms with Crippen LogP contribution < -0.4 is 0 Å². The molecule has 0 spiro atoms. The average molecular weight is 214 g/mol. The molecule has 0 bridgehead atoms. The highest BCUT2D eigenvalue weighted by Crippen LogP contribution is 2.18. The number of aliphatic carboxylic acids is 1. The zero-order valence-corrected chi connectivity index (χ0v) is 9.27. The van der Waals surface area contributed by atoms with E-state index in [0.29, 0.717) is 19.5 Å². The van der Waals surface area contributed by atoms with E-state index < -0.39 is 12.0 Å². The molecular formula is C10H18N2O3. The van der Waals surface area contributed by atoms with Crippen molar-refractivity contribution in [3.63, 3.8) is 0 Å².